The van der Waals surface area contributed by atoms with Crippen molar-refractivity contribution in [2.24, 2.45) is 0 Å². The van der Waals surface area contributed by atoms with E-state index in [4.69, 9.17) is 13.7 Å². The van der Waals surface area contributed by atoms with Crippen molar-refractivity contribution in [2.75, 3.05) is 0 Å². The van der Waals surface area contributed by atoms with Gasteiger partial charge in [0.1, 0.15) is 0 Å². The van der Waals surface area contributed by atoms with Gasteiger partial charge in [-0.25, -0.2) is 4.98 Å². The normalized spacial score (nSPS) is 13.5. The van der Waals surface area contributed by atoms with Gasteiger partial charge < -0.3 is 0 Å². The molecule has 1 aromatic rings. The van der Waals surface area contributed by atoms with E-state index in [9.17, 15) is 25.3 Å². The molecule has 1 rings (SSSR count). The molecule has 0 bridgehead atoms. The largest absolute Gasteiger partial charge is 0.312 e. The predicted molar refractivity (Wildman–Crippen MR) is 53.7 cm³/mol. The summed E-state index contributed by atoms with van der Waals surface area (Å²) in [6, 6.07) is 0.443. The van der Waals surface area contributed by atoms with E-state index >= 15 is 0 Å². The zero-order valence-corrected chi connectivity index (χ0v) is 10.6. The van der Waals surface area contributed by atoms with Gasteiger partial charge in [0.2, 0.25) is 0 Å². The molecule has 3 N–H and O–H groups in total. The van der Waals surface area contributed by atoms with Crippen molar-refractivity contribution in [1.82, 2.24) is 4.98 Å². The molecule has 0 saturated carbocycles. The number of hydrogen-bond acceptors (Lipinski definition) is 7. The Kier molecular flexibility index (Phi) is 3.50. The van der Waals surface area contributed by atoms with Crippen LogP contribution in [0.2, 0.25) is 0 Å². The minimum absolute atomic E-state index is 0.222. The van der Waals surface area contributed by atoms with Crippen molar-refractivity contribution in [3.8, 4) is 0 Å². The van der Waals surface area contributed by atoms with Crippen LogP contribution in [-0.2, 0) is 30.4 Å². The quantitative estimate of drug-likeness (QED) is 0.574. The van der Waals surface area contributed by atoms with E-state index in [2.05, 4.69) is 4.98 Å². The van der Waals surface area contributed by atoms with E-state index < -0.39 is 45.3 Å². The van der Waals surface area contributed by atoms with Crippen molar-refractivity contribution in [2.45, 2.75) is 14.9 Å². The highest BCUT2D eigenvalue weighted by atomic mass is 32.2. The first-order valence-electron chi connectivity index (χ1n) is 3.76. The predicted octanol–water partition coefficient (Wildman–Crippen LogP) is -1.18. The van der Waals surface area contributed by atoms with E-state index in [1.54, 1.807) is 0 Å². The Bertz CT molecular complexity index is 667. The molecule has 1 heterocycles. The maximum Gasteiger partial charge on any atom is 0.312 e. The summed E-state index contributed by atoms with van der Waals surface area (Å²) >= 11 is 0. The summed E-state index contributed by atoms with van der Waals surface area (Å²) in [4.78, 5) is 1.67. The van der Waals surface area contributed by atoms with Crippen LogP contribution in [0.4, 0.5) is 0 Å². The van der Waals surface area contributed by atoms with Crippen molar-refractivity contribution < 1.29 is 38.9 Å². The summed E-state index contributed by atoms with van der Waals surface area (Å²) in [5.41, 5.74) is 0. The fourth-order valence-corrected chi connectivity index (χ4v) is 2.58. The summed E-state index contributed by atoms with van der Waals surface area (Å²) in [5.74, 6) is 0. The average molecular weight is 319 g/mol. The Morgan fingerprint density at radius 1 is 0.722 bits per heavy atom. The highest BCUT2D eigenvalue weighted by Crippen LogP contribution is 2.18. The standard InChI is InChI=1S/C5H5NO9S3/c7-16(8,9)3-1-4(17(10,11)12)6-5(2-3)18(13,14)15/h1-2H,(H,7,8,9)(H,10,11,12)(H,13,14,15). The second-order valence-electron chi connectivity index (χ2n) is 2.90. The Balaban J connectivity index is 3.82. The minimum Gasteiger partial charge on any atom is -0.282 e. The summed E-state index contributed by atoms with van der Waals surface area (Å²) in [6.45, 7) is 0. The van der Waals surface area contributed by atoms with Crippen LogP contribution in [0.25, 0.3) is 0 Å². The van der Waals surface area contributed by atoms with Crippen LogP contribution < -0.4 is 0 Å². The molecule has 0 radical (unpaired) electrons. The van der Waals surface area contributed by atoms with Crippen molar-refractivity contribution in [3.05, 3.63) is 12.1 Å². The molecule has 18 heavy (non-hydrogen) atoms. The van der Waals surface area contributed by atoms with Crippen LogP contribution in [0, 0.1) is 0 Å². The lowest BCUT2D eigenvalue weighted by Gasteiger charge is -2.03. The summed E-state index contributed by atoms with van der Waals surface area (Å²) in [5, 5.41) is -2.71. The third kappa shape index (κ3) is 3.44. The molecule has 0 fully saturated rings. The fraction of sp³-hybridized carbons (Fsp3) is 0. The summed E-state index contributed by atoms with van der Waals surface area (Å²) in [7, 11) is -15.0. The van der Waals surface area contributed by atoms with Gasteiger partial charge in [0.15, 0.2) is 10.1 Å². The molecule has 0 aromatic carbocycles. The fourth-order valence-electron chi connectivity index (χ4n) is 0.871. The lowest BCUT2D eigenvalue weighted by molar-refractivity contribution is 0.469. The molecule has 102 valence electrons. The van der Waals surface area contributed by atoms with E-state index in [1.807, 2.05) is 0 Å². The Morgan fingerprint density at radius 2 is 1.06 bits per heavy atom. The highest BCUT2D eigenvalue weighted by Gasteiger charge is 2.24. The van der Waals surface area contributed by atoms with E-state index in [1.165, 1.54) is 0 Å². The molecule has 0 aliphatic rings. The number of rotatable bonds is 3. The summed E-state index contributed by atoms with van der Waals surface area (Å²) < 4.78 is 90.4. The molecule has 0 spiro atoms. The molecule has 13 heteroatoms. The van der Waals surface area contributed by atoms with E-state index in [0.29, 0.717) is 0 Å². The zero-order valence-electron chi connectivity index (χ0n) is 8.12. The first kappa shape index (κ1) is 14.9. The SMILES string of the molecule is O=S(=O)(O)c1cc(S(=O)(=O)O)nc(S(=O)(=O)O)c1. The van der Waals surface area contributed by atoms with Gasteiger partial charge in [0.25, 0.3) is 10.1 Å². The van der Waals surface area contributed by atoms with Gasteiger partial charge in [0, 0.05) is 0 Å². The van der Waals surface area contributed by atoms with E-state index in [-0.39, 0.29) is 12.1 Å². The number of aromatic nitrogens is 1. The van der Waals surface area contributed by atoms with Crippen LogP contribution in [0.3, 0.4) is 0 Å². The Labute approximate surface area is 102 Å². The number of pyridine rings is 1. The zero-order chi connectivity index (χ0) is 14.4. The van der Waals surface area contributed by atoms with E-state index in [0.717, 1.165) is 0 Å². The van der Waals surface area contributed by atoms with Crippen LogP contribution in [0.1, 0.15) is 0 Å². The lowest BCUT2D eigenvalue weighted by Crippen LogP contribution is -2.11. The molecule has 1 aromatic heterocycles. The van der Waals surface area contributed by atoms with Gasteiger partial charge in [-0.3, -0.25) is 13.7 Å². The minimum atomic E-state index is -5.03. The molecule has 0 aliphatic carbocycles. The van der Waals surface area contributed by atoms with Gasteiger partial charge in [-0.15, -0.1) is 0 Å². The topological polar surface area (TPSA) is 176 Å². The van der Waals surface area contributed by atoms with Crippen LogP contribution in [0.5, 0.6) is 0 Å². The van der Waals surface area contributed by atoms with Gasteiger partial charge in [-0.1, -0.05) is 0 Å². The molecule has 10 nitrogen and oxygen atoms in total. The molecular weight excluding hydrogens is 314 g/mol. The molecular formula is C5H5NO9S3. The Morgan fingerprint density at radius 3 is 1.28 bits per heavy atom. The average Bonchev–Trinajstić information content (AvgIpc) is 2.13. The van der Waals surface area contributed by atoms with Gasteiger partial charge >= 0.3 is 20.2 Å². The van der Waals surface area contributed by atoms with Crippen LogP contribution in [-0.4, -0.2) is 43.9 Å². The smallest absolute Gasteiger partial charge is 0.282 e. The van der Waals surface area contributed by atoms with Gasteiger partial charge in [0.05, 0.1) is 4.90 Å². The number of nitrogens with zero attached hydrogens (tertiary/aromatic N) is 1. The van der Waals surface area contributed by atoms with Crippen LogP contribution in [0.15, 0.2) is 27.1 Å². The molecule has 0 atom stereocenters. The monoisotopic (exact) mass is 319 g/mol. The maximum absolute atomic E-state index is 10.8. The van der Waals surface area contributed by atoms with Crippen molar-refractivity contribution >= 4 is 30.4 Å². The summed E-state index contributed by atoms with van der Waals surface area (Å²) in [6.07, 6.45) is 0. The first-order valence-corrected chi connectivity index (χ1v) is 8.08. The first-order chi connectivity index (χ1) is 7.82. The van der Waals surface area contributed by atoms with Crippen molar-refractivity contribution in [1.29, 1.82) is 0 Å². The van der Waals surface area contributed by atoms with Gasteiger partial charge in [-0.2, -0.15) is 25.3 Å². The molecule has 0 saturated heterocycles. The highest BCUT2D eigenvalue weighted by molar-refractivity contribution is 7.87. The van der Waals surface area contributed by atoms with Gasteiger partial charge in [-0.05, 0) is 12.1 Å². The lowest BCUT2D eigenvalue weighted by atomic mass is 10.5. The maximum atomic E-state index is 10.8. The second-order valence-corrected chi connectivity index (χ2v) is 7.06. The second kappa shape index (κ2) is 4.22. The Hall–Kier alpha value is -1.12. The third-order valence-corrected chi connectivity index (χ3v) is 3.89. The number of hydrogen-bond donors (Lipinski definition) is 3. The molecule has 0 unspecified atom stereocenters. The molecule has 0 aliphatic heterocycles. The third-order valence-electron chi connectivity index (χ3n) is 1.58. The van der Waals surface area contributed by atoms with Crippen LogP contribution >= 0.6 is 0 Å². The molecule has 0 amide bonds. The van der Waals surface area contributed by atoms with Crippen molar-refractivity contribution in [3.63, 3.8) is 0 Å².